The minimum absolute atomic E-state index is 0.0367. The minimum atomic E-state index is -1.14. The van der Waals surface area contributed by atoms with Gasteiger partial charge in [-0.15, -0.1) is 0 Å². The van der Waals surface area contributed by atoms with Gasteiger partial charge >= 0.3 is 12.1 Å². The Morgan fingerprint density at radius 1 is 1.09 bits per heavy atom. The van der Waals surface area contributed by atoms with Gasteiger partial charge in [-0.2, -0.15) is 0 Å². The van der Waals surface area contributed by atoms with E-state index in [4.69, 9.17) is 4.74 Å². The average molecular weight is 317 g/mol. The predicted molar refractivity (Wildman–Crippen MR) is 84.7 cm³/mol. The highest BCUT2D eigenvalue weighted by molar-refractivity contribution is 5.76. The monoisotopic (exact) mass is 317 g/mol. The first-order valence-corrected chi connectivity index (χ1v) is 7.62. The zero-order valence-electron chi connectivity index (χ0n) is 14.8. The molecule has 6 heteroatoms. The van der Waals surface area contributed by atoms with Crippen molar-refractivity contribution in [1.29, 1.82) is 0 Å². The summed E-state index contributed by atoms with van der Waals surface area (Å²) in [6, 6.07) is 0. The summed E-state index contributed by atoms with van der Waals surface area (Å²) in [7, 11) is 0. The van der Waals surface area contributed by atoms with Gasteiger partial charge in [0, 0.05) is 6.54 Å². The van der Waals surface area contributed by atoms with Crippen molar-refractivity contribution in [3.05, 3.63) is 0 Å². The molecule has 6 nitrogen and oxygen atoms in total. The van der Waals surface area contributed by atoms with Gasteiger partial charge in [0.05, 0.1) is 11.0 Å². The van der Waals surface area contributed by atoms with Gasteiger partial charge < -0.3 is 20.3 Å². The van der Waals surface area contributed by atoms with Gasteiger partial charge in [0.1, 0.15) is 5.60 Å². The summed E-state index contributed by atoms with van der Waals surface area (Å²) in [6.45, 7) is 12.1. The normalized spacial score (nSPS) is 15.3. The van der Waals surface area contributed by atoms with Crippen LogP contribution in [0.2, 0.25) is 0 Å². The van der Waals surface area contributed by atoms with Gasteiger partial charge in [0.15, 0.2) is 0 Å². The van der Waals surface area contributed by atoms with Crippen molar-refractivity contribution in [3.63, 3.8) is 0 Å². The molecule has 0 aromatic carbocycles. The molecule has 3 N–H and O–H groups in total. The van der Waals surface area contributed by atoms with Crippen LogP contribution < -0.4 is 5.32 Å². The highest BCUT2D eigenvalue weighted by Crippen LogP contribution is 2.35. The summed E-state index contributed by atoms with van der Waals surface area (Å²) in [6.07, 6.45) is -0.0469. The molecular weight excluding hydrogens is 286 g/mol. The number of hydrogen-bond acceptors (Lipinski definition) is 4. The smallest absolute Gasteiger partial charge is 0.407 e. The Bertz CT molecular complexity index is 392. The van der Waals surface area contributed by atoms with Crippen LogP contribution in [0.1, 0.15) is 61.3 Å². The number of aliphatic carboxylic acids is 1. The van der Waals surface area contributed by atoms with E-state index in [9.17, 15) is 19.8 Å². The zero-order valence-corrected chi connectivity index (χ0v) is 14.8. The van der Waals surface area contributed by atoms with Crippen LogP contribution in [-0.4, -0.2) is 40.0 Å². The fourth-order valence-corrected chi connectivity index (χ4v) is 2.08. The topological polar surface area (TPSA) is 95.9 Å². The number of ether oxygens (including phenoxy) is 1. The Hall–Kier alpha value is -1.30. The molecule has 0 radical (unpaired) electrons. The van der Waals surface area contributed by atoms with Gasteiger partial charge in [0.25, 0.3) is 0 Å². The lowest BCUT2D eigenvalue weighted by molar-refractivity contribution is -0.152. The first-order valence-electron chi connectivity index (χ1n) is 7.62. The van der Waals surface area contributed by atoms with Gasteiger partial charge in [-0.1, -0.05) is 13.8 Å². The van der Waals surface area contributed by atoms with Gasteiger partial charge in [0.2, 0.25) is 0 Å². The lowest BCUT2D eigenvalue weighted by atomic mass is 9.72. The van der Waals surface area contributed by atoms with E-state index in [1.165, 1.54) is 0 Å². The number of amides is 1. The Morgan fingerprint density at radius 3 is 1.91 bits per heavy atom. The molecule has 0 fully saturated rings. The highest BCUT2D eigenvalue weighted by Gasteiger charge is 2.43. The molecule has 1 unspecified atom stereocenters. The Morgan fingerprint density at radius 2 is 1.59 bits per heavy atom. The van der Waals surface area contributed by atoms with E-state index >= 15 is 0 Å². The molecule has 0 aliphatic rings. The number of alkyl carbamates (subject to hydrolysis) is 1. The molecule has 22 heavy (non-hydrogen) atoms. The second-order valence-electron chi connectivity index (χ2n) is 7.78. The maximum atomic E-state index is 11.8. The van der Waals surface area contributed by atoms with Crippen molar-refractivity contribution in [2.45, 2.75) is 72.5 Å². The van der Waals surface area contributed by atoms with Crippen molar-refractivity contribution in [2.75, 3.05) is 6.54 Å². The van der Waals surface area contributed by atoms with E-state index in [-0.39, 0.29) is 18.9 Å². The number of rotatable bonds is 7. The third-order valence-corrected chi connectivity index (χ3v) is 3.66. The number of carbonyl (C=O) groups is 2. The van der Waals surface area contributed by atoms with Crippen LogP contribution in [0, 0.1) is 11.3 Å². The summed E-state index contributed by atoms with van der Waals surface area (Å²) < 4.78 is 5.15. The molecule has 0 saturated carbocycles. The molecule has 130 valence electrons. The van der Waals surface area contributed by atoms with Crippen LogP contribution >= 0.6 is 0 Å². The number of nitrogens with one attached hydrogen (secondary N) is 1. The lowest BCUT2D eigenvalue weighted by Crippen LogP contribution is -2.48. The van der Waals surface area contributed by atoms with Crippen LogP contribution in [0.15, 0.2) is 0 Å². The minimum Gasteiger partial charge on any atom is -0.481 e. The van der Waals surface area contributed by atoms with E-state index in [1.54, 1.807) is 48.5 Å². The predicted octanol–water partition coefficient (Wildman–Crippen LogP) is 2.79. The van der Waals surface area contributed by atoms with Crippen LogP contribution in [-0.2, 0) is 9.53 Å². The molecule has 0 heterocycles. The molecule has 0 bridgehead atoms. The molecule has 0 spiro atoms. The number of hydrogen-bond donors (Lipinski definition) is 3. The average Bonchev–Trinajstić information content (AvgIpc) is 2.24. The van der Waals surface area contributed by atoms with E-state index in [0.29, 0.717) is 6.42 Å². The number of aliphatic hydroxyl groups is 1. The zero-order chi connectivity index (χ0) is 17.8. The van der Waals surface area contributed by atoms with Crippen LogP contribution in [0.4, 0.5) is 4.79 Å². The Balaban J connectivity index is 5.02. The second-order valence-corrected chi connectivity index (χ2v) is 7.78. The van der Waals surface area contributed by atoms with E-state index in [1.807, 2.05) is 0 Å². The van der Waals surface area contributed by atoms with E-state index < -0.39 is 28.7 Å². The van der Waals surface area contributed by atoms with Crippen molar-refractivity contribution in [1.82, 2.24) is 5.32 Å². The summed E-state index contributed by atoms with van der Waals surface area (Å²) in [5, 5.41) is 22.1. The van der Waals surface area contributed by atoms with Crippen molar-refractivity contribution >= 4 is 12.1 Å². The molecule has 0 aromatic heterocycles. The molecule has 1 amide bonds. The van der Waals surface area contributed by atoms with Crippen LogP contribution in [0.5, 0.6) is 0 Å². The SMILES string of the molecule is CC(C)C(CCC(C)(C)O)(CNC(=O)OC(C)(C)C)C(=O)O. The maximum Gasteiger partial charge on any atom is 0.407 e. The third-order valence-electron chi connectivity index (χ3n) is 3.66. The van der Waals surface area contributed by atoms with E-state index in [2.05, 4.69) is 5.32 Å². The first kappa shape index (κ1) is 20.7. The molecule has 0 aromatic rings. The Kier molecular flexibility index (Phi) is 6.88. The third kappa shape index (κ3) is 7.11. The maximum absolute atomic E-state index is 11.8. The van der Waals surface area contributed by atoms with E-state index in [0.717, 1.165) is 0 Å². The number of carbonyl (C=O) groups excluding carboxylic acids is 1. The molecule has 0 rings (SSSR count). The van der Waals surface area contributed by atoms with Gasteiger partial charge in [-0.3, -0.25) is 4.79 Å². The number of carboxylic acids is 1. The largest absolute Gasteiger partial charge is 0.481 e. The van der Waals surface area contributed by atoms with Gasteiger partial charge in [-0.25, -0.2) is 4.79 Å². The fourth-order valence-electron chi connectivity index (χ4n) is 2.08. The summed E-state index contributed by atoms with van der Waals surface area (Å²) in [5.74, 6) is -1.19. The molecule has 0 aliphatic carbocycles. The van der Waals surface area contributed by atoms with Crippen molar-refractivity contribution in [2.24, 2.45) is 11.3 Å². The number of carboxylic acid groups (broad SMARTS) is 1. The van der Waals surface area contributed by atoms with Crippen LogP contribution in [0.3, 0.4) is 0 Å². The molecular formula is C16H31NO5. The van der Waals surface area contributed by atoms with Crippen molar-refractivity contribution in [3.8, 4) is 0 Å². The molecule has 0 aliphatic heterocycles. The summed E-state index contributed by atoms with van der Waals surface area (Å²) in [5.41, 5.74) is -2.74. The standard InChI is InChI=1S/C16H31NO5/c1-11(2)16(12(18)19,9-8-15(6,7)21)10-17-13(20)22-14(3,4)5/h11,21H,8-10H2,1-7H3,(H,17,20)(H,18,19). The quantitative estimate of drug-likeness (QED) is 0.671. The molecule has 0 saturated heterocycles. The Labute approximate surface area is 133 Å². The molecule has 1 atom stereocenters. The summed E-state index contributed by atoms with van der Waals surface area (Å²) >= 11 is 0. The van der Waals surface area contributed by atoms with Crippen LogP contribution in [0.25, 0.3) is 0 Å². The first-order chi connectivity index (χ1) is 9.69. The van der Waals surface area contributed by atoms with Crippen molar-refractivity contribution < 1.29 is 24.5 Å². The summed E-state index contributed by atoms with van der Waals surface area (Å²) in [4.78, 5) is 23.6. The fraction of sp³-hybridized carbons (Fsp3) is 0.875. The van der Waals surface area contributed by atoms with Gasteiger partial charge in [-0.05, 0) is 53.4 Å². The second kappa shape index (κ2) is 7.31. The highest BCUT2D eigenvalue weighted by atomic mass is 16.6. The lowest BCUT2D eigenvalue weighted by Gasteiger charge is -2.35.